The summed E-state index contributed by atoms with van der Waals surface area (Å²) in [5.74, 6) is 0.578. The largest absolute Gasteiger partial charge is 0.381 e. The highest BCUT2D eigenvalue weighted by atomic mass is 127. The maximum absolute atomic E-state index is 13.3. The minimum Gasteiger partial charge on any atom is -0.381 e. The molecule has 0 unspecified atom stereocenters. The van der Waals surface area contributed by atoms with Gasteiger partial charge in [0.1, 0.15) is 5.82 Å². The standard InChI is InChI=1S/C19H24FN3OS.HI/c1-21-18(22-13-17-3-2-12-25-17)23-14-19(8-10-24-11-9-19)15-4-6-16(20)7-5-15;/h2-7,12H,8-11,13-14H2,1H3,(H2,21,22,23);1H. The first-order chi connectivity index (χ1) is 12.2. The van der Waals surface area contributed by atoms with Gasteiger partial charge in [0.25, 0.3) is 0 Å². The molecule has 0 amide bonds. The third kappa shape index (κ3) is 5.40. The molecule has 0 radical (unpaired) electrons. The van der Waals surface area contributed by atoms with Crippen molar-refractivity contribution in [1.29, 1.82) is 0 Å². The second-order valence-corrected chi connectivity index (χ2v) is 7.29. The fourth-order valence-electron chi connectivity index (χ4n) is 3.19. The smallest absolute Gasteiger partial charge is 0.191 e. The summed E-state index contributed by atoms with van der Waals surface area (Å²) in [6.45, 7) is 2.94. The lowest BCUT2D eigenvalue weighted by Crippen LogP contribution is -2.47. The molecule has 3 rings (SSSR count). The van der Waals surface area contributed by atoms with Crippen LogP contribution in [0.1, 0.15) is 23.3 Å². The highest BCUT2D eigenvalue weighted by Crippen LogP contribution is 2.34. The number of guanidine groups is 1. The molecule has 1 saturated heterocycles. The average molecular weight is 489 g/mol. The van der Waals surface area contributed by atoms with Crippen LogP contribution in [0.3, 0.4) is 0 Å². The second-order valence-electron chi connectivity index (χ2n) is 6.26. The molecule has 2 N–H and O–H groups in total. The summed E-state index contributed by atoms with van der Waals surface area (Å²) in [4.78, 5) is 5.58. The summed E-state index contributed by atoms with van der Waals surface area (Å²) >= 11 is 1.72. The third-order valence-electron chi connectivity index (χ3n) is 4.73. The first kappa shape index (κ1) is 21.1. The van der Waals surface area contributed by atoms with Crippen molar-refractivity contribution in [2.75, 3.05) is 26.8 Å². The van der Waals surface area contributed by atoms with E-state index in [1.54, 1.807) is 18.4 Å². The Kier molecular flexibility index (Phi) is 8.30. The fraction of sp³-hybridized carbons (Fsp3) is 0.421. The quantitative estimate of drug-likeness (QED) is 0.380. The van der Waals surface area contributed by atoms with Crippen LogP contribution in [-0.2, 0) is 16.7 Å². The van der Waals surface area contributed by atoms with Crippen molar-refractivity contribution < 1.29 is 9.13 Å². The van der Waals surface area contributed by atoms with Crippen molar-refractivity contribution in [1.82, 2.24) is 10.6 Å². The van der Waals surface area contributed by atoms with E-state index in [0.717, 1.165) is 50.7 Å². The Hall–Kier alpha value is -1.19. The molecule has 142 valence electrons. The molecule has 2 heterocycles. The number of ether oxygens (including phenoxy) is 1. The van der Waals surface area contributed by atoms with Gasteiger partial charge in [-0.25, -0.2) is 4.39 Å². The molecule has 1 aromatic heterocycles. The molecule has 0 bridgehead atoms. The van der Waals surface area contributed by atoms with E-state index in [1.807, 2.05) is 18.2 Å². The van der Waals surface area contributed by atoms with Crippen LogP contribution >= 0.6 is 35.3 Å². The highest BCUT2D eigenvalue weighted by molar-refractivity contribution is 14.0. The van der Waals surface area contributed by atoms with E-state index < -0.39 is 0 Å². The number of nitrogens with zero attached hydrogens (tertiary/aromatic N) is 1. The van der Waals surface area contributed by atoms with Gasteiger partial charge in [0.15, 0.2) is 5.96 Å². The van der Waals surface area contributed by atoms with E-state index in [4.69, 9.17) is 4.74 Å². The van der Waals surface area contributed by atoms with Gasteiger partial charge in [-0.3, -0.25) is 4.99 Å². The molecule has 7 heteroatoms. The van der Waals surface area contributed by atoms with Crippen LogP contribution in [0, 0.1) is 5.82 Å². The molecular formula is C19H25FIN3OS. The molecule has 1 aromatic carbocycles. The number of nitrogens with one attached hydrogen (secondary N) is 2. The zero-order chi connectivity index (χ0) is 17.5. The minimum absolute atomic E-state index is 0. The van der Waals surface area contributed by atoms with Crippen molar-refractivity contribution in [3.05, 3.63) is 58.0 Å². The molecule has 0 atom stereocenters. The maximum atomic E-state index is 13.3. The van der Waals surface area contributed by atoms with Gasteiger partial charge in [-0.2, -0.15) is 0 Å². The average Bonchev–Trinajstić information content (AvgIpc) is 3.17. The van der Waals surface area contributed by atoms with Gasteiger partial charge in [0, 0.05) is 37.1 Å². The second kappa shape index (κ2) is 10.2. The van der Waals surface area contributed by atoms with Crippen molar-refractivity contribution in [3.63, 3.8) is 0 Å². The van der Waals surface area contributed by atoms with Crippen LogP contribution in [0.15, 0.2) is 46.8 Å². The normalized spacial score (nSPS) is 16.6. The molecule has 0 aliphatic carbocycles. The molecule has 4 nitrogen and oxygen atoms in total. The van der Waals surface area contributed by atoms with E-state index in [2.05, 4.69) is 27.1 Å². The van der Waals surface area contributed by atoms with E-state index in [9.17, 15) is 4.39 Å². The van der Waals surface area contributed by atoms with Crippen LogP contribution in [0.25, 0.3) is 0 Å². The number of thiophene rings is 1. The number of rotatable bonds is 5. The lowest BCUT2D eigenvalue weighted by atomic mass is 9.74. The predicted octanol–water partition coefficient (Wildman–Crippen LogP) is 3.92. The van der Waals surface area contributed by atoms with Crippen LogP contribution in [0.4, 0.5) is 4.39 Å². The number of halogens is 2. The van der Waals surface area contributed by atoms with Gasteiger partial charge < -0.3 is 15.4 Å². The Morgan fingerprint density at radius 2 is 1.92 bits per heavy atom. The zero-order valence-electron chi connectivity index (χ0n) is 14.8. The molecule has 0 spiro atoms. The maximum Gasteiger partial charge on any atom is 0.191 e. The topological polar surface area (TPSA) is 45.7 Å². The Bertz CT molecular complexity index is 685. The lowest BCUT2D eigenvalue weighted by molar-refractivity contribution is 0.0513. The van der Waals surface area contributed by atoms with E-state index in [1.165, 1.54) is 17.0 Å². The summed E-state index contributed by atoms with van der Waals surface area (Å²) < 4.78 is 18.9. The first-order valence-electron chi connectivity index (χ1n) is 8.53. The minimum atomic E-state index is -0.202. The van der Waals surface area contributed by atoms with Crippen molar-refractivity contribution in [2.45, 2.75) is 24.8 Å². The summed E-state index contributed by atoms with van der Waals surface area (Å²) in [6.07, 6.45) is 1.82. The number of aliphatic imine (C=N–C) groups is 1. The summed E-state index contributed by atoms with van der Waals surface area (Å²) in [5, 5.41) is 8.87. The lowest BCUT2D eigenvalue weighted by Gasteiger charge is -2.38. The van der Waals surface area contributed by atoms with Gasteiger partial charge in [0.05, 0.1) is 6.54 Å². The monoisotopic (exact) mass is 489 g/mol. The molecular weight excluding hydrogens is 464 g/mol. The van der Waals surface area contributed by atoms with Crippen molar-refractivity contribution in [3.8, 4) is 0 Å². The van der Waals surface area contributed by atoms with Crippen LogP contribution in [0.5, 0.6) is 0 Å². The Morgan fingerprint density at radius 1 is 1.19 bits per heavy atom. The van der Waals surface area contributed by atoms with Gasteiger partial charge in [0.2, 0.25) is 0 Å². The SMILES string of the molecule is CN=C(NCc1cccs1)NCC1(c2ccc(F)cc2)CCOCC1.I. The number of hydrogen-bond acceptors (Lipinski definition) is 3. The molecule has 1 fully saturated rings. The zero-order valence-corrected chi connectivity index (χ0v) is 18.0. The van der Waals surface area contributed by atoms with Crippen LogP contribution < -0.4 is 10.6 Å². The summed E-state index contributed by atoms with van der Waals surface area (Å²) in [7, 11) is 1.78. The van der Waals surface area contributed by atoms with Crippen LogP contribution in [0.2, 0.25) is 0 Å². The summed E-state index contributed by atoms with van der Waals surface area (Å²) in [5.41, 5.74) is 1.09. The van der Waals surface area contributed by atoms with Gasteiger partial charge in [-0.15, -0.1) is 35.3 Å². The van der Waals surface area contributed by atoms with Crippen molar-refractivity contribution >= 4 is 41.3 Å². The summed E-state index contributed by atoms with van der Waals surface area (Å²) in [6, 6.07) is 11.0. The van der Waals surface area contributed by atoms with E-state index in [-0.39, 0.29) is 35.2 Å². The number of hydrogen-bond donors (Lipinski definition) is 2. The highest BCUT2D eigenvalue weighted by Gasteiger charge is 2.34. The van der Waals surface area contributed by atoms with Crippen molar-refractivity contribution in [2.24, 2.45) is 4.99 Å². The van der Waals surface area contributed by atoms with Gasteiger partial charge in [-0.05, 0) is 42.0 Å². The third-order valence-corrected chi connectivity index (χ3v) is 5.61. The Labute approximate surface area is 175 Å². The molecule has 26 heavy (non-hydrogen) atoms. The fourth-order valence-corrected chi connectivity index (χ4v) is 3.84. The van der Waals surface area contributed by atoms with Gasteiger partial charge in [-0.1, -0.05) is 18.2 Å². The van der Waals surface area contributed by atoms with E-state index >= 15 is 0 Å². The Balaban J connectivity index is 0.00000243. The first-order valence-corrected chi connectivity index (χ1v) is 9.40. The molecule has 1 aliphatic rings. The predicted molar refractivity (Wildman–Crippen MR) is 116 cm³/mol. The Morgan fingerprint density at radius 3 is 2.54 bits per heavy atom. The van der Waals surface area contributed by atoms with Crippen LogP contribution in [-0.4, -0.2) is 32.8 Å². The molecule has 1 aliphatic heterocycles. The molecule has 2 aromatic rings. The molecule has 0 saturated carbocycles. The number of benzene rings is 1. The van der Waals surface area contributed by atoms with Gasteiger partial charge >= 0.3 is 0 Å². The van der Waals surface area contributed by atoms with E-state index in [0.29, 0.717) is 0 Å².